The van der Waals surface area contributed by atoms with Gasteiger partial charge in [0.25, 0.3) is 0 Å². The Morgan fingerprint density at radius 1 is 1.03 bits per heavy atom. The van der Waals surface area contributed by atoms with Crippen LogP contribution in [0.3, 0.4) is 0 Å². The molecular formula is C27H21F3N6O. The predicted molar refractivity (Wildman–Crippen MR) is 130 cm³/mol. The molecule has 37 heavy (non-hydrogen) atoms. The van der Waals surface area contributed by atoms with Crippen molar-refractivity contribution in [3.8, 4) is 6.07 Å². The fourth-order valence-corrected chi connectivity index (χ4v) is 4.61. The number of allylic oxidation sites excluding steroid dienone is 2. The highest BCUT2D eigenvalue weighted by Crippen LogP contribution is 2.41. The van der Waals surface area contributed by atoms with Crippen LogP contribution in [0.4, 0.5) is 18.0 Å². The summed E-state index contributed by atoms with van der Waals surface area (Å²) in [7, 11) is 1.77. The number of aryl methyl sites for hydroxylation is 1. The van der Waals surface area contributed by atoms with Crippen molar-refractivity contribution >= 4 is 17.2 Å². The third-order valence-corrected chi connectivity index (χ3v) is 6.51. The molecule has 3 aromatic rings. The van der Waals surface area contributed by atoms with Crippen molar-refractivity contribution in [2.45, 2.75) is 25.8 Å². The Balaban J connectivity index is 1.55. The number of alkyl halides is 3. The van der Waals surface area contributed by atoms with Gasteiger partial charge in [0.15, 0.2) is 0 Å². The second-order valence-corrected chi connectivity index (χ2v) is 8.70. The molecule has 2 amide bonds. The Labute approximate surface area is 211 Å². The number of likely N-dealkylation sites (N-methyl/N-ethyl adjacent to an activating group) is 1. The monoisotopic (exact) mass is 502 g/mol. The maximum Gasteiger partial charge on any atom is 0.433 e. The maximum atomic E-state index is 13.5. The number of hydrazine groups is 1. The first-order chi connectivity index (χ1) is 17.7. The molecule has 2 aromatic heterocycles. The predicted octanol–water partition coefficient (Wildman–Crippen LogP) is 5.22. The van der Waals surface area contributed by atoms with E-state index in [4.69, 9.17) is 0 Å². The number of fused-ring (bicyclic) bond motifs is 1. The third-order valence-electron chi connectivity index (χ3n) is 6.51. The maximum absolute atomic E-state index is 13.5. The van der Waals surface area contributed by atoms with Crippen LogP contribution in [0.25, 0.3) is 11.1 Å². The highest BCUT2D eigenvalue weighted by atomic mass is 19.4. The van der Waals surface area contributed by atoms with Gasteiger partial charge in [-0.25, -0.2) is 9.78 Å². The number of amides is 2. The van der Waals surface area contributed by atoms with Gasteiger partial charge in [-0.05, 0) is 65.6 Å². The molecule has 1 aromatic carbocycles. The van der Waals surface area contributed by atoms with Gasteiger partial charge < -0.3 is 0 Å². The van der Waals surface area contributed by atoms with Crippen LogP contribution >= 0.6 is 0 Å². The number of carbonyl (C=O) groups excluding carboxylic acids is 1. The molecule has 7 nitrogen and oxygen atoms in total. The number of benzene rings is 1. The molecule has 10 heteroatoms. The van der Waals surface area contributed by atoms with Gasteiger partial charge in [0.05, 0.1) is 18.2 Å². The van der Waals surface area contributed by atoms with Crippen molar-refractivity contribution in [3.05, 3.63) is 107 Å². The van der Waals surface area contributed by atoms with E-state index in [0.717, 1.165) is 28.3 Å². The summed E-state index contributed by atoms with van der Waals surface area (Å²) in [5.74, 6) is 0. The number of aromatic nitrogens is 2. The topological polar surface area (TPSA) is 76.4 Å². The molecular weight excluding hydrogens is 481 g/mol. The van der Waals surface area contributed by atoms with Crippen LogP contribution in [0.5, 0.6) is 0 Å². The fourth-order valence-electron chi connectivity index (χ4n) is 4.61. The molecule has 4 heterocycles. The molecule has 1 atom stereocenters. The lowest BCUT2D eigenvalue weighted by Gasteiger charge is -2.33. The standard InChI is InChI=1S/C27H21F3N6O/c1-17-21(7-8-23(33-17)27(28,29)30)16-36-26(37)35-14-11-22(19-5-3-18(15-31)4-6-19)24(25(35)34(36)2)20-9-12-32-13-10-20/h3-14,25H,16H2,1-2H3. The minimum Gasteiger partial charge on any atom is -0.278 e. The van der Waals surface area contributed by atoms with Crippen molar-refractivity contribution < 1.29 is 18.0 Å². The summed E-state index contributed by atoms with van der Waals surface area (Å²) in [6.45, 7) is 1.56. The van der Waals surface area contributed by atoms with Crippen LogP contribution in [0, 0.1) is 18.3 Å². The van der Waals surface area contributed by atoms with Crippen LogP contribution in [-0.4, -0.2) is 44.1 Å². The van der Waals surface area contributed by atoms with Gasteiger partial charge in [-0.2, -0.15) is 23.4 Å². The summed E-state index contributed by atoms with van der Waals surface area (Å²) in [6, 6.07) is 15.0. The molecule has 0 spiro atoms. The Kier molecular flexibility index (Phi) is 6.01. The Morgan fingerprint density at radius 2 is 1.73 bits per heavy atom. The van der Waals surface area contributed by atoms with Crippen molar-refractivity contribution in [2.24, 2.45) is 0 Å². The SMILES string of the molecule is Cc1nc(C(F)(F)F)ccc1CN1C(=O)N2C=CC(c3ccc(C#N)cc3)=C(c3ccncc3)C2N1C. The number of urea groups is 1. The number of halogens is 3. The molecule has 0 radical (unpaired) electrons. The summed E-state index contributed by atoms with van der Waals surface area (Å²) in [4.78, 5) is 22.9. The number of hydrogen-bond acceptors (Lipinski definition) is 5. The van der Waals surface area contributed by atoms with Crippen LogP contribution in [0.2, 0.25) is 0 Å². The van der Waals surface area contributed by atoms with Gasteiger partial charge in [0.1, 0.15) is 11.9 Å². The summed E-state index contributed by atoms with van der Waals surface area (Å²) in [6.07, 6.45) is 1.86. The number of carbonyl (C=O) groups is 1. The van der Waals surface area contributed by atoms with E-state index in [0.29, 0.717) is 11.1 Å². The first-order valence-corrected chi connectivity index (χ1v) is 11.4. The molecule has 1 unspecified atom stereocenters. The highest BCUT2D eigenvalue weighted by Gasteiger charge is 2.45. The molecule has 0 aliphatic carbocycles. The zero-order valence-electron chi connectivity index (χ0n) is 19.9. The third kappa shape index (κ3) is 4.34. The van der Waals surface area contributed by atoms with E-state index in [1.54, 1.807) is 47.7 Å². The summed E-state index contributed by atoms with van der Waals surface area (Å²) < 4.78 is 39.2. The van der Waals surface area contributed by atoms with Gasteiger partial charge in [0, 0.05) is 36.9 Å². The van der Waals surface area contributed by atoms with Crippen LogP contribution in [-0.2, 0) is 12.7 Å². The van der Waals surface area contributed by atoms with E-state index in [1.165, 1.54) is 18.0 Å². The minimum atomic E-state index is -4.54. The first-order valence-electron chi connectivity index (χ1n) is 11.4. The van der Waals surface area contributed by atoms with Gasteiger partial charge in [-0.1, -0.05) is 18.2 Å². The molecule has 5 rings (SSSR count). The number of nitrogens with zero attached hydrogens (tertiary/aromatic N) is 6. The lowest BCUT2D eigenvalue weighted by Crippen LogP contribution is -2.40. The minimum absolute atomic E-state index is 0.0585. The quantitative estimate of drug-likeness (QED) is 0.489. The van der Waals surface area contributed by atoms with Crippen molar-refractivity contribution in [2.75, 3.05) is 7.05 Å². The molecule has 1 saturated heterocycles. The van der Waals surface area contributed by atoms with Crippen LogP contribution in [0.15, 0.2) is 73.2 Å². The van der Waals surface area contributed by atoms with E-state index < -0.39 is 18.0 Å². The largest absolute Gasteiger partial charge is 0.433 e. The molecule has 0 saturated carbocycles. The highest BCUT2D eigenvalue weighted by molar-refractivity contribution is 6.01. The normalized spacial score (nSPS) is 17.8. The zero-order valence-corrected chi connectivity index (χ0v) is 19.9. The first kappa shape index (κ1) is 24.2. The van der Waals surface area contributed by atoms with Gasteiger partial charge in [0.2, 0.25) is 0 Å². The molecule has 2 aliphatic heterocycles. The van der Waals surface area contributed by atoms with E-state index in [-0.39, 0.29) is 18.3 Å². The summed E-state index contributed by atoms with van der Waals surface area (Å²) in [5.41, 5.74) is 3.77. The molecule has 186 valence electrons. The Bertz CT molecular complexity index is 1460. The Hall–Kier alpha value is -4.49. The second-order valence-electron chi connectivity index (χ2n) is 8.70. The Morgan fingerprint density at radius 3 is 2.35 bits per heavy atom. The van der Waals surface area contributed by atoms with E-state index >= 15 is 0 Å². The molecule has 0 bridgehead atoms. The fraction of sp³-hybridized carbons (Fsp3) is 0.185. The second kappa shape index (κ2) is 9.19. The van der Waals surface area contributed by atoms with E-state index in [2.05, 4.69) is 16.0 Å². The zero-order chi connectivity index (χ0) is 26.3. The van der Waals surface area contributed by atoms with Crippen molar-refractivity contribution in [3.63, 3.8) is 0 Å². The molecule has 1 fully saturated rings. The van der Waals surface area contributed by atoms with E-state index in [1.807, 2.05) is 30.3 Å². The lowest BCUT2D eigenvalue weighted by atomic mass is 9.90. The number of rotatable bonds is 4. The van der Waals surface area contributed by atoms with E-state index in [9.17, 15) is 23.2 Å². The van der Waals surface area contributed by atoms with Crippen molar-refractivity contribution in [1.82, 2.24) is 24.9 Å². The molecule has 0 N–H and O–H groups in total. The van der Waals surface area contributed by atoms with Crippen molar-refractivity contribution in [1.29, 1.82) is 5.26 Å². The van der Waals surface area contributed by atoms with Gasteiger partial charge >= 0.3 is 12.2 Å². The number of nitriles is 1. The average Bonchev–Trinajstić information content (AvgIpc) is 3.14. The van der Waals surface area contributed by atoms with Crippen LogP contribution in [0.1, 0.15) is 33.6 Å². The lowest BCUT2D eigenvalue weighted by molar-refractivity contribution is -0.141. The smallest absolute Gasteiger partial charge is 0.278 e. The summed E-state index contributed by atoms with van der Waals surface area (Å²) in [5, 5.41) is 12.5. The van der Waals surface area contributed by atoms with Gasteiger partial charge in [-0.3, -0.25) is 14.9 Å². The molecule has 2 aliphatic rings. The summed E-state index contributed by atoms with van der Waals surface area (Å²) >= 11 is 0. The van der Waals surface area contributed by atoms with Crippen LogP contribution < -0.4 is 0 Å². The number of hydrogen-bond donors (Lipinski definition) is 0. The van der Waals surface area contributed by atoms with Gasteiger partial charge in [-0.15, -0.1) is 0 Å². The number of pyridine rings is 2. The average molecular weight is 503 g/mol.